The summed E-state index contributed by atoms with van der Waals surface area (Å²) in [6.07, 6.45) is 21.3. The van der Waals surface area contributed by atoms with Gasteiger partial charge in [-0.25, -0.2) is 0 Å². The zero-order valence-corrected chi connectivity index (χ0v) is 16.7. The van der Waals surface area contributed by atoms with Crippen molar-refractivity contribution in [3.05, 3.63) is 0 Å². The molecule has 0 unspecified atom stereocenters. The lowest BCUT2D eigenvalue weighted by Gasteiger charge is -2.19. The van der Waals surface area contributed by atoms with Crippen molar-refractivity contribution in [1.29, 1.82) is 0 Å². The van der Waals surface area contributed by atoms with Gasteiger partial charge in [0.2, 0.25) is 0 Å². The Morgan fingerprint density at radius 3 is 1.58 bits per heavy atom. The van der Waals surface area contributed by atoms with Crippen LogP contribution in [0.2, 0.25) is 0 Å². The molecule has 1 rings (SSSR count). The maximum atomic E-state index is 11.6. The zero-order valence-electron chi connectivity index (χ0n) is 16.7. The number of carbonyl (C=O) groups excluding carboxylic acids is 1. The molecule has 24 heavy (non-hydrogen) atoms. The molecule has 0 radical (unpaired) electrons. The summed E-state index contributed by atoms with van der Waals surface area (Å²) in [4.78, 5) is 11.6. The van der Waals surface area contributed by atoms with Crippen LogP contribution in [0.1, 0.15) is 124 Å². The highest BCUT2D eigenvalue weighted by atomic mass is 16.6. The summed E-state index contributed by atoms with van der Waals surface area (Å²) in [7, 11) is 0. The first-order valence-electron chi connectivity index (χ1n) is 10.7. The Morgan fingerprint density at radius 2 is 1.17 bits per heavy atom. The summed E-state index contributed by atoms with van der Waals surface area (Å²) in [5.74, 6) is 1.08. The molecule has 2 nitrogen and oxygen atoms in total. The molecule has 0 spiro atoms. The van der Waals surface area contributed by atoms with Crippen molar-refractivity contribution in [2.75, 3.05) is 0 Å². The van der Waals surface area contributed by atoms with Crippen LogP contribution >= 0.6 is 0 Å². The predicted octanol–water partition coefficient (Wildman–Crippen LogP) is 7.20. The first-order chi connectivity index (χ1) is 11.5. The Balaban J connectivity index is 1.70. The van der Waals surface area contributed by atoms with Crippen molar-refractivity contribution >= 4 is 5.97 Å². The van der Waals surface area contributed by atoms with E-state index in [1.54, 1.807) is 0 Å². The van der Waals surface area contributed by atoms with Crippen LogP contribution < -0.4 is 0 Å². The minimum Gasteiger partial charge on any atom is -0.460 e. The molecular weight excluding hydrogens is 296 g/mol. The molecule has 1 aliphatic rings. The number of ether oxygens (including phenoxy) is 1. The van der Waals surface area contributed by atoms with E-state index >= 15 is 0 Å². The molecule has 0 amide bonds. The lowest BCUT2D eigenvalue weighted by Crippen LogP contribution is -2.23. The third kappa shape index (κ3) is 15.0. The molecule has 0 atom stereocenters. The molecule has 1 saturated carbocycles. The van der Waals surface area contributed by atoms with E-state index in [4.69, 9.17) is 4.74 Å². The van der Waals surface area contributed by atoms with E-state index in [-0.39, 0.29) is 11.6 Å². The molecule has 0 N–H and O–H groups in total. The summed E-state index contributed by atoms with van der Waals surface area (Å²) in [6, 6.07) is 0. The lowest BCUT2D eigenvalue weighted by molar-refractivity contribution is -0.154. The first kappa shape index (κ1) is 21.5. The van der Waals surface area contributed by atoms with Crippen molar-refractivity contribution in [1.82, 2.24) is 0 Å². The fraction of sp³-hybridized carbons (Fsp3) is 0.955. The Morgan fingerprint density at radius 1 is 0.750 bits per heavy atom. The maximum absolute atomic E-state index is 11.6. The molecule has 0 aromatic heterocycles. The van der Waals surface area contributed by atoms with Crippen molar-refractivity contribution in [2.45, 2.75) is 129 Å². The zero-order chi connectivity index (χ0) is 17.7. The molecule has 0 saturated heterocycles. The highest BCUT2D eigenvalue weighted by Crippen LogP contribution is 2.34. The standard InChI is InChI=1S/C22H42O2/c1-22(2,3)24-21(23)17-15-13-11-9-7-5-4-6-8-10-12-14-16-20-18-19-20/h20H,4-19H2,1-3H3. The monoisotopic (exact) mass is 338 g/mol. The summed E-state index contributed by atoms with van der Waals surface area (Å²) in [6.45, 7) is 5.79. The largest absolute Gasteiger partial charge is 0.460 e. The molecular formula is C22H42O2. The second-order valence-electron chi connectivity index (χ2n) is 8.81. The van der Waals surface area contributed by atoms with E-state index in [1.807, 2.05) is 20.8 Å². The van der Waals surface area contributed by atoms with Gasteiger partial charge in [0, 0.05) is 6.42 Å². The summed E-state index contributed by atoms with van der Waals surface area (Å²) in [5, 5.41) is 0. The van der Waals surface area contributed by atoms with Crippen molar-refractivity contribution in [3.63, 3.8) is 0 Å². The predicted molar refractivity (Wildman–Crippen MR) is 103 cm³/mol. The van der Waals surface area contributed by atoms with E-state index in [0.29, 0.717) is 6.42 Å². The van der Waals surface area contributed by atoms with Crippen molar-refractivity contribution in [3.8, 4) is 0 Å². The average Bonchev–Trinajstić information content (AvgIpc) is 3.30. The molecule has 0 aromatic carbocycles. The molecule has 142 valence electrons. The van der Waals surface area contributed by atoms with Crippen LogP contribution in [-0.2, 0) is 9.53 Å². The third-order valence-electron chi connectivity index (χ3n) is 4.86. The number of esters is 1. The van der Waals surface area contributed by atoms with E-state index in [1.165, 1.54) is 89.9 Å². The van der Waals surface area contributed by atoms with Crippen LogP contribution in [0.5, 0.6) is 0 Å². The van der Waals surface area contributed by atoms with Gasteiger partial charge in [0.25, 0.3) is 0 Å². The molecule has 1 aliphatic carbocycles. The normalized spacial score (nSPS) is 14.8. The summed E-state index contributed by atoms with van der Waals surface area (Å²) >= 11 is 0. The smallest absolute Gasteiger partial charge is 0.306 e. The molecule has 0 heterocycles. The van der Waals surface area contributed by atoms with E-state index in [2.05, 4.69) is 0 Å². The molecule has 0 aromatic rings. The van der Waals surface area contributed by atoms with Gasteiger partial charge in [-0.1, -0.05) is 89.9 Å². The lowest BCUT2D eigenvalue weighted by atomic mass is 10.0. The second kappa shape index (κ2) is 12.8. The highest BCUT2D eigenvalue weighted by molar-refractivity contribution is 5.69. The number of hydrogen-bond acceptors (Lipinski definition) is 2. The highest BCUT2D eigenvalue weighted by Gasteiger charge is 2.19. The van der Waals surface area contributed by atoms with Gasteiger partial charge in [0.15, 0.2) is 0 Å². The summed E-state index contributed by atoms with van der Waals surface area (Å²) < 4.78 is 5.32. The molecule has 0 bridgehead atoms. The number of unbranched alkanes of at least 4 members (excludes halogenated alkanes) is 11. The van der Waals surface area contributed by atoms with Gasteiger partial charge in [0.1, 0.15) is 5.60 Å². The van der Waals surface area contributed by atoms with E-state index < -0.39 is 0 Å². The van der Waals surface area contributed by atoms with E-state index in [0.717, 1.165) is 12.3 Å². The minimum atomic E-state index is -0.339. The third-order valence-corrected chi connectivity index (χ3v) is 4.86. The van der Waals surface area contributed by atoms with Crippen LogP contribution in [0.4, 0.5) is 0 Å². The Labute approximate surface area is 151 Å². The van der Waals surface area contributed by atoms with Gasteiger partial charge in [-0.3, -0.25) is 4.79 Å². The fourth-order valence-electron chi connectivity index (χ4n) is 3.27. The molecule has 1 fully saturated rings. The Hall–Kier alpha value is -0.530. The van der Waals surface area contributed by atoms with Crippen LogP contribution in [0.3, 0.4) is 0 Å². The summed E-state index contributed by atoms with van der Waals surface area (Å²) in [5.41, 5.74) is -0.339. The fourth-order valence-corrected chi connectivity index (χ4v) is 3.27. The maximum Gasteiger partial charge on any atom is 0.306 e. The van der Waals surface area contributed by atoms with Gasteiger partial charge in [-0.15, -0.1) is 0 Å². The first-order valence-corrected chi connectivity index (χ1v) is 10.7. The minimum absolute atomic E-state index is 0.0420. The van der Waals surface area contributed by atoms with E-state index in [9.17, 15) is 4.79 Å². The van der Waals surface area contributed by atoms with Gasteiger partial charge in [0.05, 0.1) is 0 Å². The SMILES string of the molecule is CC(C)(C)OC(=O)CCCCCCCCCCCCCCC1CC1. The Kier molecular flexibility index (Phi) is 11.5. The van der Waals surface area contributed by atoms with Crippen LogP contribution in [0.25, 0.3) is 0 Å². The van der Waals surface area contributed by atoms with Crippen LogP contribution in [0, 0.1) is 5.92 Å². The number of rotatable bonds is 15. The van der Waals surface area contributed by atoms with Crippen molar-refractivity contribution in [2.24, 2.45) is 5.92 Å². The second-order valence-corrected chi connectivity index (χ2v) is 8.81. The van der Waals surface area contributed by atoms with Crippen molar-refractivity contribution < 1.29 is 9.53 Å². The Bertz CT molecular complexity index is 312. The molecule has 0 aliphatic heterocycles. The topological polar surface area (TPSA) is 26.3 Å². The van der Waals surface area contributed by atoms with Gasteiger partial charge in [-0.2, -0.15) is 0 Å². The number of hydrogen-bond donors (Lipinski definition) is 0. The average molecular weight is 339 g/mol. The number of carbonyl (C=O) groups is 1. The van der Waals surface area contributed by atoms with Crippen LogP contribution in [-0.4, -0.2) is 11.6 Å². The van der Waals surface area contributed by atoms with Gasteiger partial charge < -0.3 is 4.74 Å². The van der Waals surface area contributed by atoms with Crippen LogP contribution in [0.15, 0.2) is 0 Å². The van der Waals surface area contributed by atoms with Gasteiger partial charge in [-0.05, 0) is 33.1 Å². The molecule has 2 heteroatoms. The van der Waals surface area contributed by atoms with Gasteiger partial charge >= 0.3 is 5.97 Å². The quantitative estimate of drug-likeness (QED) is 0.233.